The normalized spacial score (nSPS) is 10.3. The maximum Gasteiger partial charge on any atom is 0.247 e. The summed E-state index contributed by atoms with van der Waals surface area (Å²) in [5.74, 6) is 1.27. The molecule has 0 unspecified atom stereocenters. The molecule has 3 aromatic rings. The molecule has 116 valence electrons. The first kappa shape index (κ1) is 15.0. The van der Waals surface area contributed by atoms with Gasteiger partial charge >= 0.3 is 0 Å². The van der Waals surface area contributed by atoms with Crippen molar-refractivity contribution in [1.82, 2.24) is 15.2 Å². The summed E-state index contributed by atoms with van der Waals surface area (Å²) in [4.78, 5) is 6.50. The van der Waals surface area contributed by atoms with E-state index in [0.717, 1.165) is 12.2 Å². The molecule has 1 aromatic heterocycles. The Bertz CT molecular complexity index is 756. The van der Waals surface area contributed by atoms with Gasteiger partial charge in [0, 0.05) is 19.3 Å². The van der Waals surface area contributed by atoms with Crippen molar-refractivity contribution in [2.75, 3.05) is 17.3 Å². The summed E-state index contributed by atoms with van der Waals surface area (Å²) >= 11 is 0. The smallest absolute Gasteiger partial charge is 0.247 e. The molecule has 0 fully saturated rings. The molecule has 0 spiro atoms. The summed E-state index contributed by atoms with van der Waals surface area (Å²) in [5, 5.41) is 11.4. The van der Waals surface area contributed by atoms with E-state index in [9.17, 15) is 0 Å². The number of hydrogen-bond donors (Lipinski definition) is 1. The van der Waals surface area contributed by atoms with Crippen molar-refractivity contribution < 1.29 is 0 Å². The van der Waals surface area contributed by atoms with Gasteiger partial charge in [0.05, 0.1) is 6.20 Å². The Kier molecular flexibility index (Phi) is 4.47. The van der Waals surface area contributed by atoms with Crippen molar-refractivity contribution in [2.45, 2.75) is 13.5 Å². The molecule has 0 saturated carbocycles. The van der Waals surface area contributed by atoms with Crippen molar-refractivity contribution in [2.24, 2.45) is 0 Å². The zero-order valence-corrected chi connectivity index (χ0v) is 13.3. The van der Waals surface area contributed by atoms with Gasteiger partial charge in [-0.3, -0.25) is 0 Å². The van der Waals surface area contributed by atoms with Crippen LogP contribution in [0.2, 0.25) is 0 Å². The quantitative estimate of drug-likeness (QED) is 0.781. The molecule has 0 bridgehead atoms. The average Bonchev–Trinajstić information content (AvgIpc) is 2.58. The molecule has 0 aliphatic heterocycles. The number of aryl methyl sites for hydroxylation is 1. The number of anilines is 3. The van der Waals surface area contributed by atoms with E-state index in [1.54, 1.807) is 6.20 Å². The van der Waals surface area contributed by atoms with Gasteiger partial charge in [0.15, 0.2) is 5.82 Å². The zero-order valence-electron chi connectivity index (χ0n) is 13.3. The number of benzene rings is 2. The first-order chi connectivity index (χ1) is 11.2. The Morgan fingerprint density at radius 1 is 1.00 bits per heavy atom. The number of nitrogens with zero attached hydrogens (tertiary/aromatic N) is 4. The van der Waals surface area contributed by atoms with Crippen molar-refractivity contribution in [3.63, 3.8) is 0 Å². The summed E-state index contributed by atoms with van der Waals surface area (Å²) in [5.41, 5.74) is 3.41. The van der Waals surface area contributed by atoms with E-state index >= 15 is 0 Å². The summed E-state index contributed by atoms with van der Waals surface area (Å²) in [6.45, 7) is 2.79. The first-order valence-electron chi connectivity index (χ1n) is 7.49. The second kappa shape index (κ2) is 6.87. The minimum absolute atomic E-state index is 0.589. The van der Waals surface area contributed by atoms with Crippen molar-refractivity contribution in [1.29, 1.82) is 0 Å². The van der Waals surface area contributed by atoms with Gasteiger partial charge in [-0.2, -0.15) is 10.1 Å². The molecule has 23 heavy (non-hydrogen) atoms. The van der Waals surface area contributed by atoms with Crippen LogP contribution in [0.25, 0.3) is 0 Å². The standard InChI is InChI=1S/C18H19N5/c1-14-8-10-16(11-9-14)20-17-12-19-22-18(21-17)23(2)13-15-6-4-3-5-7-15/h3-12H,13H2,1-2H3,(H,20,21,22). The fourth-order valence-corrected chi connectivity index (χ4v) is 2.23. The lowest BCUT2D eigenvalue weighted by Gasteiger charge is -2.17. The van der Waals surface area contributed by atoms with Crippen LogP contribution in [0.3, 0.4) is 0 Å². The van der Waals surface area contributed by atoms with Crippen LogP contribution < -0.4 is 10.2 Å². The molecule has 0 amide bonds. The predicted octanol–water partition coefficient (Wildman–Crippen LogP) is 3.56. The van der Waals surface area contributed by atoms with E-state index in [0.29, 0.717) is 11.8 Å². The lowest BCUT2D eigenvalue weighted by molar-refractivity contribution is 0.831. The van der Waals surface area contributed by atoms with E-state index in [-0.39, 0.29) is 0 Å². The first-order valence-corrected chi connectivity index (χ1v) is 7.49. The third-order valence-electron chi connectivity index (χ3n) is 3.48. The molecule has 1 N–H and O–H groups in total. The van der Waals surface area contributed by atoms with Gasteiger partial charge in [-0.25, -0.2) is 0 Å². The van der Waals surface area contributed by atoms with Crippen LogP contribution in [0.1, 0.15) is 11.1 Å². The monoisotopic (exact) mass is 305 g/mol. The summed E-state index contributed by atoms with van der Waals surface area (Å²) in [7, 11) is 1.96. The van der Waals surface area contributed by atoms with Gasteiger partial charge in [0.25, 0.3) is 0 Å². The fraction of sp³-hybridized carbons (Fsp3) is 0.167. The van der Waals surface area contributed by atoms with E-state index in [1.165, 1.54) is 11.1 Å². The Morgan fingerprint density at radius 3 is 2.48 bits per heavy atom. The van der Waals surface area contributed by atoms with Crippen molar-refractivity contribution in [3.8, 4) is 0 Å². The Labute approximate surface area is 136 Å². The second-order valence-electron chi connectivity index (χ2n) is 5.47. The van der Waals surface area contributed by atoms with Crippen molar-refractivity contribution in [3.05, 3.63) is 71.9 Å². The molecule has 0 aliphatic rings. The molecule has 0 radical (unpaired) electrons. The van der Waals surface area contributed by atoms with Crippen LogP contribution in [0.15, 0.2) is 60.8 Å². The SMILES string of the molecule is Cc1ccc(Nc2cnnc(N(C)Cc3ccccc3)n2)cc1. The Hall–Kier alpha value is -2.95. The summed E-state index contributed by atoms with van der Waals surface area (Å²) in [6, 6.07) is 18.4. The van der Waals surface area contributed by atoms with E-state index in [2.05, 4.69) is 51.7 Å². The Balaban J connectivity index is 1.72. The average molecular weight is 305 g/mol. The van der Waals surface area contributed by atoms with Crippen molar-refractivity contribution >= 4 is 17.5 Å². The van der Waals surface area contributed by atoms with Gasteiger partial charge in [-0.15, -0.1) is 5.10 Å². The summed E-state index contributed by atoms with van der Waals surface area (Å²) < 4.78 is 0. The van der Waals surface area contributed by atoms with E-state index < -0.39 is 0 Å². The van der Waals surface area contributed by atoms with Gasteiger partial charge in [0.2, 0.25) is 5.95 Å². The number of rotatable bonds is 5. The van der Waals surface area contributed by atoms with Crippen LogP contribution in [-0.2, 0) is 6.54 Å². The Morgan fingerprint density at radius 2 is 1.74 bits per heavy atom. The molecular weight excluding hydrogens is 286 g/mol. The molecule has 5 nitrogen and oxygen atoms in total. The molecule has 5 heteroatoms. The van der Waals surface area contributed by atoms with Crippen LogP contribution >= 0.6 is 0 Å². The van der Waals surface area contributed by atoms with Crippen LogP contribution in [-0.4, -0.2) is 22.2 Å². The maximum absolute atomic E-state index is 4.53. The minimum atomic E-state index is 0.589. The zero-order chi connectivity index (χ0) is 16.1. The second-order valence-corrected chi connectivity index (χ2v) is 5.47. The highest BCUT2D eigenvalue weighted by molar-refractivity contribution is 5.56. The van der Waals surface area contributed by atoms with E-state index in [4.69, 9.17) is 0 Å². The molecule has 1 heterocycles. The van der Waals surface area contributed by atoms with Gasteiger partial charge in [-0.05, 0) is 24.6 Å². The fourth-order valence-electron chi connectivity index (χ4n) is 2.23. The maximum atomic E-state index is 4.53. The molecule has 3 rings (SSSR count). The number of nitrogens with one attached hydrogen (secondary N) is 1. The minimum Gasteiger partial charge on any atom is -0.339 e. The highest BCUT2D eigenvalue weighted by Gasteiger charge is 2.07. The molecular formula is C18H19N5. The lowest BCUT2D eigenvalue weighted by atomic mass is 10.2. The van der Waals surface area contributed by atoms with Crippen LogP contribution in [0.5, 0.6) is 0 Å². The van der Waals surface area contributed by atoms with Crippen LogP contribution in [0, 0.1) is 6.92 Å². The predicted molar refractivity (Wildman–Crippen MR) is 92.8 cm³/mol. The number of aromatic nitrogens is 3. The highest BCUT2D eigenvalue weighted by atomic mass is 15.3. The number of hydrogen-bond acceptors (Lipinski definition) is 5. The third kappa shape index (κ3) is 4.03. The third-order valence-corrected chi connectivity index (χ3v) is 3.48. The molecule has 2 aromatic carbocycles. The molecule has 0 aliphatic carbocycles. The van der Waals surface area contributed by atoms with E-state index in [1.807, 2.05) is 42.3 Å². The molecule has 0 atom stereocenters. The van der Waals surface area contributed by atoms with Gasteiger partial charge in [0.1, 0.15) is 0 Å². The molecule has 0 saturated heterocycles. The largest absolute Gasteiger partial charge is 0.339 e. The highest BCUT2D eigenvalue weighted by Crippen LogP contribution is 2.16. The van der Waals surface area contributed by atoms with Gasteiger partial charge < -0.3 is 10.2 Å². The lowest BCUT2D eigenvalue weighted by Crippen LogP contribution is -2.19. The summed E-state index contributed by atoms with van der Waals surface area (Å²) in [6.07, 6.45) is 1.62. The topological polar surface area (TPSA) is 53.9 Å². The van der Waals surface area contributed by atoms with Gasteiger partial charge in [-0.1, -0.05) is 48.0 Å². The van der Waals surface area contributed by atoms with Crippen LogP contribution in [0.4, 0.5) is 17.5 Å².